The maximum absolute atomic E-state index is 13.6. The molecule has 0 unspecified atom stereocenters. The first-order chi connectivity index (χ1) is 15.0. The van der Waals surface area contributed by atoms with Gasteiger partial charge in [-0.15, -0.1) is 0 Å². The van der Waals surface area contributed by atoms with Crippen molar-refractivity contribution in [2.75, 3.05) is 0 Å². The molecule has 0 aromatic carbocycles. The van der Waals surface area contributed by atoms with Crippen LogP contribution < -0.4 is 5.32 Å². The average molecular weight is 421 g/mol. The van der Waals surface area contributed by atoms with E-state index in [1.54, 1.807) is 23.4 Å². The van der Waals surface area contributed by atoms with Gasteiger partial charge in [0, 0.05) is 37.1 Å². The molecule has 4 heterocycles. The van der Waals surface area contributed by atoms with Crippen molar-refractivity contribution in [2.24, 2.45) is 0 Å². The van der Waals surface area contributed by atoms with Gasteiger partial charge in [-0.1, -0.05) is 25.3 Å². The Labute approximate surface area is 181 Å². The molecular formula is C24H28N4O3. The van der Waals surface area contributed by atoms with Gasteiger partial charge in [0.05, 0.1) is 12.1 Å². The molecule has 1 fully saturated rings. The number of hydrogen-bond acceptors (Lipinski definition) is 4. The molecule has 0 radical (unpaired) electrons. The fraction of sp³-hybridized carbons (Fsp3) is 0.458. The molecule has 7 nitrogen and oxygen atoms in total. The fourth-order valence-electron chi connectivity index (χ4n) is 4.97. The van der Waals surface area contributed by atoms with E-state index in [4.69, 9.17) is 4.42 Å². The molecular weight excluding hydrogens is 392 g/mol. The monoisotopic (exact) mass is 420 g/mol. The van der Waals surface area contributed by atoms with Gasteiger partial charge in [0.15, 0.2) is 5.58 Å². The second kappa shape index (κ2) is 7.55. The zero-order valence-corrected chi connectivity index (χ0v) is 18.1. The van der Waals surface area contributed by atoms with Crippen molar-refractivity contribution in [1.29, 1.82) is 0 Å². The maximum atomic E-state index is 13.6. The third-order valence-electron chi connectivity index (χ3n) is 6.73. The Bertz CT molecular complexity index is 1130. The number of rotatable bonds is 4. The van der Waals surface area contributed by atoms with Gasteiger partial charge in [-0.05, 0) is 38.3 Å². The normalized spacial score (nSPS) is 22.0. The summed E-state index contributed by atoms with van der Waals surface area (Å²) in [7, 11) is 0. The average Bonchev–Trinajstić information content (AvgIpc) is 3.29. The van der Waals surface area contributed by atoms with Crippen LogP contribution in [0.15, 0.2) is 41.1 Å². The number of nitrogens with zero attached hydrogens (tertiary/aromatic N) is 3. The summed E-state index contributed by atoms with van der Waals surface area (Å²) in [6.07, 6.45) is 8.94. The van der Waals surface area contributed by atoms with Crippen molar-refractivity contribution < 1.29 is 14.0 Å². The zero-order chi connectivity index (χ0) is 21.6. The highest BCUT2D eigenvalue weighted by molar-refractivity contribution is 6.03. The molecule has 1 N–H and O–H groups in total. The van der Waals surface area contributed by atoms with Gasteiger partial charge in [-0.2, -0.15) is 0 Å². The molecule has 2 aliphatic rings. The summed E-state index contributed by atoms with van der Waals surface area (Å²) in [5.74, 6) is 0.531. The van der Waals surface area contributed by atoms with E-state index < -0.39 is 5.54 Å². The van der Waals surface area contributed by atoms with Gasteiger partial charge in [0.2, 0.25) is 5.91 Å². The Morgan fingerprint density at radius 3 is 2.84 bits per heavy atom. The lowest BCUT2D eigenvalue weighted by molar-refractivity contribution is -0.134. The van der Waals surface area contributed by atoms with Crippen LogP contribution in [0.1, 0.15) is 60.8 Å². The number of aromatic nitrogens is 2. The van der Waals surface area contributed by atoms with E-state index in [1.807, 2.05) is 36.6 Å². The number of aryl methyl sites for hydroxylation is 1. The number of fused-ring (bicyclic) bond motifs is 3. The summed E-state index contributed by atoms with van der Waals surface area (Å²) in [6, 6.07) is 7.68. The molecule has 3 aromatic heterocycles. The molecule has 1 atom stereocenters. The smallest absolute Gasteiger partial charge is 0.271 e. The number of carbonyl (C=O) groups is 2. The minimum atomic E-state index is -1.02. The Morgan fingerprint density at radius 1 is 1.29 bits per heavy atom. The lowest BCUT2D eigenvalue weighted by Crippen LogP contribution is -2.64. The summed E-state index contributed by atoms with van der Waals surface area (Å²) in [6.45, 7) is 4.48. The van der Waals surface area contributed by atoms with Gasteiger partial charge in [0.1, 0.15) is 17.0 Å². The molecule has 0 saturated heterocycles. The molecule has 5 rings (SSSR count). The quantitative estimate of drug-likeness (QED) is 0.696. The highest BCUT2D eigenvalue weighted by atomic mass is 16.3. The standard InChI is InChI=1S/C24H28N4O3/c1-16-11-19-21(31-16)12-20-22(29)28(14-17-7-6-10-25-13-17)24(2,15-27(19)20)23(30)26-18-8-4-3-5-9-18/h6-7,10-13,18H,3-5,8-9,14-15H2,1-2H3,(H,26,30)/t24-/m1/s1. The highest BCUT2D eigenvalue weighted by Crippen LogP contribution is 2.35. The van der Waals surface area contributed by atoms with E-state index in [2.05, 4.69) is 10.3 Å². The van der Waals surface area contributed by atoms with Crippen LogP contribution >= 0.6 is 0 Å². The predicted molar refractivity (Wildman–Crippen MR) is 116 cm³/mol. The fourth-order valence-corrected chi connectivity index (χ4v) is 4.97. The number of nitrogens with one attached hydrogen (secondary N) is 1. The first kappa shape index (κ1) is 19.8. The van der Waals surface area contributed by atoms with E-state index >= 15 is 0 Å². The SMILES string of the molecule is Cc1cc2c(cc3n2C[C@](C)(C(=O)NC2CCCCC2)N(Cc2cccnc2)C3=O)o1. The van der Waals surface area contributed by atoms with E-state index in [-0.39, 0.29) is 17.9 Å². The van der Waals surface area contributed by atoms with Crippen molar-refractivity contribution in [3.8, 4) is 0 Å². The first-order valence-electron chi connectivity index (χ1n) is 11.1. The third kappa shape index (κ3) is 3.42. The van der Waals surface area contributed by atoms with E-state index in [1.165, 1.54) is 6.42 Å². The molecule has 31 heavy (non-hydrogen) atoms. The summed E-state index contributed by atoms with van der Waals surface area (Å²) in [5, 5.41) is 3.26. The number of pyridine rings is 1. The van der Waals surface area contributed by atoms with Crippen LogP contribution in [0.4, 0.5) is 0 Å². The Kier molecular flexibility index (Phi) is 4.84. The predicted octanol–water partition coefficient (Wildman–Crippen LogP) is 3.80. The number of furan rings is 1. The van der Waals surface area contributed by atoms with Crippen LogP contribution in [-0.4, -0.2) is 37.8 Å². The minimum absolute atomic E-state index is 0.0932. The van der Waals surface area contributed by atoms with Crippen molar-refractivity contribution in [2.45, 2.75) is 70.6 Å². The topological polar surface area (TPSA) is 80.4 Å². The van der Waals surface area contributed by atoms with Crippen molar-refractivity contribution >= 4 is 22.9 Å². The second-order valence-corrected chi connectivity index (χ2v) is 9.06. The van der Waals surface area contributed by atoms with E-state index in [0.29, 0.717) is 24.4 Å². The lowest BCUT2D eigenvalue weighted by Gasteiger charge is -2.44. The largest absolute Gasteiger partial charge is 0.460 e. The third-order valence-corrected chi connectivity index (χ3v) is 6.73. The Balaban J connectivity index is 1.54. The van der Waals surface area contributed by atoms with Crippen LogP contribution in [0, 0.1) is 6.92 Å². The number of carbonyl (C=O) groups excluding carboxylic acids is 2. The van der Waals surface area contributed by atoms with Gasteiger partial charge in [-0.25, -0.2) is 0 Å². The summed E-state index contributed by atoms with van der Waals surface area (Å²) in [4.78, 5) is 33.2. The lowest BCUT2D eigenvalue weighted by atomic mass is 9.91. The number of hydrogen-bond donors (Lipinski definition) is 1. The molecule has 0 bridgehead atoms. The van der Waals surface area contributed by atoms with Crippen LogP contribution in [-0.2, 0) is 17.9 Å². The van der Waals surface area contributed by atoms with E-state index in [9.17, 15) is 9.59 Å². The van der Waals surface area contributed by atoms with Crippen LogP contribution in [0.25, 0.3) is 11.1 Å². The molecule has 3 aromatic rings. The summed E-state index contributed by atoms with van der Waals surface area (Å²) < 4.78 is 7.71. The summed E-state index contributed by atoms with van der Waals surface area (Å²) >= 11 is 0. The van der Waals surface area contributed by atoms with Gasteiger partial charge in [-0.3, -0.25) is 14.6 Å². The molecule has 2 amide bonds. The van der Waals surface area contributed by atoms with Gasteiger partial charge >= 0.3 is 0 Å². The van der Waals surface area contributed by atoms with Crippen molar-refractivity contribution in [3.63, 3.8) is 0 Å². The summed E-state index contributed by atoms with van der Waals surface area (Å²) in [5.41, 5.74) is 1.97. The first-order valence-corrected chi connectivity index (χ1v) is 11.1. The van der Waals surface area contributed by atoms with Crippen LogP contribution in [0.3, 0.4) is 0 Å². The number of amides is 2. The van der Waals surface area contributed by atoms with Crippen molar-refractivity contribution in [1.82, 2.24) is 19.8 Å². The highest BCUT2D eigenvalue weighted by Gasteiger charge is 2.48. The minimum Gasteiger partial charge on any atom is -0.460 e. The molecule has 7 heteroatoms. The van der Waals surface area contributed by atoms with Crippen molar-refractivity contribution in [3.05, 3.63) is 53.7 Å². The zero-order valence-electron chi connectivity index (χ0n) is 18.1. The molecule has 0 spiro atoms. The molecule has 1 aliphatic carbocycles. The van der Waals surface area contributed by atoms with Crippen LogP contribution in [0.5, 0.6) is 0 Å². The Morgan fingerprint density at radius 2 is 2.10 bits per heavy atom. The maximum Gasteiger partial charge on any atom is 0.271 e. The van der Waals surface area contributed by atoms with Gasteiger partial charge in [0.25, 0.3) is 5.91 Å². The molecule has 162 valence electrons. The van der Waals surface area contributed by atoms with E-state index in [0.717, 1.165) is 42.5 Å². The second-order valence-electron chi connectivity index (χ2n) is 9.06. The molecule has 1 aliphatic heterocycles. The molecule has 1 saturated carbocycles. The van der Waals surface area contributed by atoms with Gasteiger partial charge < -0.3 is 19.2 Å². The van der Waals surface area contributed by atoms with Crippen LogP contribution in [0.2, 0.25) is 0 Å². The Hall–Kier alpha value is -3.09.